The van der Waals surface area contributed by atoms with Gasteiger partial charge in [-0.05, 0) is 49.4 Å². The van der Waals surface area contributed by atoms with Crippen molar-refractivity contribution >= 4 is 5.97 Å². The average molecular weight is 583 g/mol. The molecule has 3 atom stereocenters. The fourth-order valence-corrected chi connectivity index (χ4v) is 5.49. The standard InChI is InChI=1S/C40H70O2/c1-7-8-9-10-11-12-13-14-15-16-17-18-19-20-21-22-32-39(40(41)42)34-33-38(6)31-25-30-37(5)29-24-28-36(4)27-23-26-35(2)3/h15-22,32,35-38H,7-14,23-31,33-34H2,1-6H3,(H,41,42)/b16-15+,18-17+,20-19+,22-21+,39-32+. The van der Waals surface area contributed by atoms with Gasteiger partial charge in [0.1, 0.15) is 0 Å². The minimum atomic E-state index is -0.797. The summed E-state index contributed by atoms with van der Waals surface area (Å²) in [5.74, 6) is 2.27. The third-order valence-electron chi connectivity index (χ3n) is 8.52. The lowest BCUT2D eigenvalue weighted by Crippen LogP contribution is -2.04. The predicted molar refractivity (Wildman–Crippen MR) is 188 cm³/mol. The smallest absolute Gasteiger partial charge is 0.331 e. The first-order valence-electron chi connectivity index (χ1n) is 17.8. The lowest BCUT2D eigenvalue weighted by molar-refractivity contribution is -0.132. The summed E-state index contributed by atoms with van der Waals surface area (Å²) in [4.78, 5) is 11.7. The van der Waals surface area contributed by atoms with Gasteiger partial charge in [0, 0.05) is 5.57 Å². The van der Waals surface area contributed by atoms with E-state index in [4.69, 9.17) is 0 Å². The van der Waals surface area contributed by atoms with Gasteiger partial charge < -0.3 is 5.11 Å². The maximum absolute atomic E-state index is 11.7. The van der Waals surface area contributed by atoms with Gasteiger partial charge in [0.15, 0.2) is 0 Å². The number of rotatable bonds is 28. The highest BCUT2D eigenvalue weighted by atomic mass is 16.4. The van der Waals surface area contributed by atoms with Crippen LogP contribution in [0.15, 0.2) is 60.3 Å². The highest BCUT2D eigenvalue weighted by Gasteiger charge is 2.11. The first-order valence-corrected chi connectivity index (χ1v) is 17.8. The Balaban J connectivity index is 4.08. The predicted octanol–water partition coefficient (Wildman–Crippen LogP) is 13.2. The molecule has 0 spiro atoms. The van der Waals surface area contributed by atoms with Crippen LogP contribution in [-0.2, 0) is 4.79 Å². The number of carboxylic acid groups (broad SMARTS) is 1. The molecule has 0 aliphatic heterocycles. The summed E-state index contributed by atoms with van der Waals surface area (Å²) in [6.07, 6.45) is 42.1. The Kier molecular flexibility index (Phi) is 28.0. The minimum Gasteiger partial charge on any atom is -0.478 e. The van der Waals surface area contributed by atoms with E-state index >= 15 is 0 Å². The zero-order valence-corrected chi connectivity index (χ0v) is 28.8. The molecule has 0 rings (SSSR count). The molecule has 0 bridgehead atoms. The maximum Gasteiger partial charge on any atom is 0.331 e. The van der Waals surface area contributed by atoms with Gasteiger partial charge in [-0.3, -0.25) is 0 Å². The van der Waals surface area contributed by atoms with Crippen LogP contribution >= 0.6 is 0 Å². The van der Waals surface area contributed by atoms with Crippen molar-refractivity contribution in [2.75, 3.05) is 0 Å². The van der Waals surface area contributed by atoms with E-state index < -0.39 is 5.97 Å². The van der Waals surface area contributed by atoms with E-state index in [1.54, 1.807) is 6.08 Å². The SMILES string of the molecule is CCCCCCCCC/C=C/C=C/C=C/C=C/C=C(\CCC(C)CCCC(C)CCCC(C)CCCC(C)C)C(=O)O. The Bertz CT molecular complexity index is 767. The summed E-state index contributed by atoms with van der Waals surface area (Å²) < 4.78 is 0. The van der Waals surface area contributed by atoms with Crippen LogP contribution in [0.3, 0.4) is 0 Å². The van der Waals surface area contributed by atoms with Gasteiger partial charge in [0.2, 0.25) is 0 Å². The summed E-state index contributed by atoms with van der Waals surface area (Å²) in [7, 11) is 0. The van der Waals surface area contributed by atoms with E-state index in [0.29, 0.717) is 17.9 Å². The largest absolute Gasteiger partial charge is 0.478 e. The molecule has 0 aromatic carbocycles. The van der Waals surface area contributed by atoms with Crippen molar-refractivity contribution in [1.82, 2.24) is 0 Å². The molecule has 3 unspecified atom stereocenters. The van der Waals surface area contributed by atoms with E-state index in [-0.39, 0.29) is 0 Å². The quantitative estimate of drug-likeness (QED) is 0.0566. The zero-order chi connectivity index (χ0) is 31.3. The van der Waals surface area contributed by atoms with Crippen LogP contribution in [0.25, 0.3) is 0 Å². The molecule has 0 aromatic heterocycles. The van der Waals surface area contributed by atoms with Crippen molar-refractivity contribution in [3.05, 3.63) is 60.3 Å². The van der Waals surface area contributed by atoms with Crippen LogP contribution in [-0.4, -0.2) is 11.1 Å². The Morgan fingerprint density at radius 2 is 1.00 bits per heavy atom. The average Bonchev–Trinajstić information content (AvgIpc) is 2.94. The highest BCUT2D eigenvalue weighted by molar-refractivity contribution is 5.86. The molecule has 2 nitrogen and oxygen atoms in total. The molecule has 0 heterocycles. The number of hydrogen-bond donors (Lipinski definition) is 1. The van der Waals surface area contributed by atoms with Gasteiger partial charge in [0.25, 0.3) is 0 Å². The van der Waals surface area contributed by atoms with Crippen LogP contribution in [0.4, 0.5) is 0 Å². The van der Waals surface area contributed by atoms with Crippen LogP contribution in [0, 0.1) is 23.7 Å². The van der Waals surface area contributed by atoms with Crippen molar-refractivity contribution < 1.29 is 9.90 Å². The molecule has 0 radical (unpaired) electrons. The molecule has 0 aliphatic carbocycles. The third kappa shape index (κ3) is 28.3. The Morgan fingerprint density at radius 3 is 1.52 bits per heavy atom. The maximum atomic E-state index is 11.7. The van der Waals surface area contributed by atoms with Crippen LogP contribution in [0.2, 0.25) is 0 Å². The van der Waals surface area contributed by atoms with E-state index in [9.17, 15) is 9.90 Å². The number of hydrogen-bond acceptors (Lipinski definition) is 1. The summed E-state index contributed by atoms with van der Waals surface area (Å²) in [6, 6.07) is 0. The fraction of sp³-hybridized carbons (Fsp3) is 0.725. The van der Waals surface area contributed by atoms with Gasteiger partial charge in [-0.1, -0.05) is 193 Å². The number of allylic oxidation sites excluding steroid dienone is 9. The molecular formula is C40H70O2. The summed E-state index contributed by atoms with van der Waals surface area (Å²) in [5, 5.41) is 9.61. The molecular weight excluding hydrogens is 512 g/mol. The Labute approximate surface area is 262 Å². The third-order valence-corrected chi connectivity index (χ3v) is 8.52. The lowest BCUT2D eigenvalue weighted by atomic mass is 9.90. The van der Waals surface area contributed by atoms with Gasteiger partial charge in [-0.2, -0.15) is 0 Å². The summed E-state index contributed by atoms with van der Waals surface area (Å²) in [6.45, 7) is 14.0. The molecule has 1 N–H and O–H groups in total. The molecule has 0 saturated carbocycles. The first-order chi connectivity index (χ1) is 20.3. The number of aliphatic carboxylic acids is 1. The molecule has 0 saturated heterocycles. The Morgan fingerprint density at radius 1 is 0.548 bits per heavy atom. The second kappa shape index (κ2) is 29.3. The normalized spacial score (nSPS) is 15.2. The zero-order valence-electron chi connectivity index (χ0n) is 28.8. The molecule has 2 heteroatoms. The van der Waals surface area contributed by atoms with Crippen molar-refractivity contribution in [1.29, 1.82) is 0 Å². The summed E-state index contributed by atoms with van der Waals surface area (Å²) in [5.41, 5.74) is 0.506. The number of unbranched alkanes of at least 4 members (excludes halogenated alkanes) is 7. The van der Waals surface area contributed by atoms with Crippen molar-refractivity contribution in [2.45, 2.75) is 164 Å². The topological polar surface area (TPSA) is 37.3 Å². The number of carbonyl (C=O) groups is 1. The summed E-state index contributed by atoms with van der Waals surface area (Å²) >= 11 is 0. The highest BCUT2D eigenvalue weighted by Crippen LogP contribution is 2.24. The minimum absolute atomic E-state index is 0.506. The molecule has 0 aromatic rings. The van der Waals surface area contributed by atoms with Crippen molar-refractivity contribution in [3.63, 3.8) is 0 Å². The lowest BCUT2D eigenvalue weighted by Gasteiger charge is -2.16. The first kappa shape index (κ1) is 40.2. The second-order valence-electron chi connectivity index (χ2n) is 13.5. The number of carboxylic acids is 1. The van der Waals surface area contributed by atoms with E-state index in [1.165, 1.54) is 103 Å². The molecule has 0 aliphatic rings. The van der Waals surface area contributed by atoms with Gasteiger partial charge >= 0.3 is 5.97 Å². The van der Waals surface area contributed by atoms with Gasteiger partial charge in [-0.25, -0.2) is 4.79 Å². The van der Waals surface area contributed by atoms with Crippen LogP contribution in [0.1, 0.15) is 164 Å². The fourth-order valence-electron chi connectivity index (χ4n) is 5.49. The monoisotopic (exact) mass is 583 g/mol. The van der Waals surface area contributed by atoms with Crippen molar-refractivity contribution in [2.24, 2.45) is 23.7 Å². The van der Waals surface area contributed by atoms with Crippen LogP contribution < -0.4 is 0 Å². The van der Waals surface area contributed by atoms with E-state index in [0.717, 1.165) is 30.6 Å². The second-order valence-corrected chi connectivity index (χ2v) is 13.5. The molecule has 42 heavy (non-hydrogen) atoms. The van der Waals surface area contributed by atoms with Gasteiger partial charge in [0.05, 0.1) is 0 Å². The van der Waals surface area contributed by atoms with Crippen molar-refractivity contribution in [3.8, 4) is 0 Å². The Hall–Kier alpha value is -1.83. The van der Waals surface area contributed by atoms with Crippen LogP contribution in [0.5, 0.6) is 0 Å². The molecule has 242 valence electrons. The molecule has 0 fully saturated rings. The van der Waals surface area contributed by atoms with E-state index in [2.05, 4.69) is 59.8 Å². The molecule has 0 amide bonds. The van der Waals surface area contributed by atoms with Gasteiger partial charge in [-0.15, -0.1) is 0 Å². The van der Waals surface area contributed by atoms with E-state index in [1.807, 2.05) is 30.4 Å².